The van der Waals surface area contributed by atoms with Gasteiger partial charge < -0.3 is 20.0 Å². The molecule has 0 aromatic heterocycles. The number of carbonyl (C=O) groups excluding carboxylic acids is 2. The van der Waals surface area contributed by atoms with Gasteiger partial charge in [-0.05, 0) is 44.2 Å². The van der Waals surface area contributed by atoms with Gasteiger partial charge in [-0.2, -0.15) is 0 Å². The minimum Gasteiger partial charge on any atom is -0.369 e. The summed E-state index contributed by atoms with van der Waals surface area (Å²) in [6.07, 6.45) is 4.93. The predicted molar refractivity (Wildman–Crippen MR) is 107 cm³/mol. The van der Waals surface area contributed by atoms with Gasteiger partial charge in [0.1, 0.15) is 0 Å². The van der Waals surface area contributed by atoms with Crippen molar-refractivity contribution in [3.05, 3.63) is 24.3 Å². The summed E-state index contributed by atoms with van der Waals surface area (Å²) in [5.74, 6) is -0.112. The van der Waals surface area contributed by atoms with Gasteiger partial charge >= 0.3 is 0 Å². The average Bonchev–Trinajstić information content (AvgIpc) is 3.32. The Hall–Kier alpha value is -2.08. The van der Waals surface area contributed by atoms with Crippen LogP contribution >= 0.6 is 0 Å². The number of rotatable bonds is 4. The van der Waals surface area contributed by atoms with E-state index in [9.17, 15) is 9.59 Å². The first-order chi connectivity index (χ1) is 13.1. The molecule has 1 aromatic rings. The number of likely N-dealkylation sites (N-methyl/N-ethyl adjacent to an activating group) is 1. The maximum Gasteiger partial charge on any atom is 0.229 e. The Bertz CT molecular complexity index is 676. The van der Waals surface area contributed by atoms with Crippen molar-refractivity contribution in [3.63, 3.8) is 0 Å². The van der Waals surface area contributed by atoms with Gasteiger partial charge in [0, 0.05) is 56.6 Å². The van der Waals surface area contributed by atoms with Crippen molar-refractivity contribution >= 4 is 23.2 Å². The molecule has 2 amide bonds. The van der Waals surface area contributed by atoms with Gasteiger partial charge in [0.05, 0.1) is 5.92 Å². The summed E-state index contributed by atoms with van der Waals surface area (Å²) in [6, 6.07) is 8.45. The minimum atomic E-state index is -0.226. The van der Waals surface area contributed by atoms with E-state index in [0.29, 0.717) is 19.0 Å². The zero-order chi connectivity index (χ0) is 18.8. The Morgan fingerprint density at radius 2 is 1.70 bits per heavy atom. The second-order valence-corrected chi connectivity index (χ2v) is 8.21. The van der Waals surface area contributed by atoms with Crippen molar-refractivity contribution in [1.29, 1.82) is 0 Å². The molecule has 6 heteroatoms. The Morgan fingerprint density at radius 3 is 2.37 bits per heavy atom. The molecule has 1 aromatic carbocycles. The first kappa shape index (κ1) is 18.3. The summed E-state index contributed by atoms with van der Waals surface area (Å²) in [5, 5.41) is 3.01. The Morgan fingerprint density at radius 1 is 1.04 bits per heavy atom. The predicted octanol–water partition coefficient (Wildman–Crippen LogP) is 2.17. The van der Waals surface area contributed by atoms with E-state index >= 15 is 0 Å². The molecule has 0 spiro atoms. The Balaban J connectivity index is 1.32. The molecule has 4 rings (SSSR count). The molecule has 3 aliphatic rings. The zero-order valence-electron chi connectivity index (χ0n) is 16.2. The molecule has 27 heavy (non-hydrogen) atoms. The van der Waals surface area contributed by atoms with Gasteiger partial charge in [-0.15, -0.1) is 0 Å². The van der Waals surface area contributed by atoms with Crippen LogP contribution in [0.2, 0.25) is 0 Å². The van der Waals surface area contributed by atoms with E-state index in [-0.39, 0.29) is 17.7 Å². The van der Waals surface area contributed by atoms with Gasteiger partial charge in [-0.25, -0.2) is 0 Å². The molecule has 2 saturated heterocycles. The molecule has 1 unspecified atom stereocenters. The Labute approximate surface area is 161 Å². The summed E-state index contributed by atoms with van der Waals surface area (Å²) in [7, 11) is 2.15. The number of anilines is 2. The highest BCUT2D eigenvalue weighted by Crippen LogP contribution is 2.30. The summed E-state index contributed by atoms with van der Waals surface area (Å²) in [5.41, 5.74) is 2.01. The van der Waals surface area contributed by atoms with E-state index < -0.39 is 0 Å². The lowest BCUT2D eigenvalue weighted by Gasteiger charge is -2.34. The van der Waals surface area contributed by atoms with E-state index in [2.05, 4.69) is 34.3 Å². The number of carbonyl (C=O) groups is 2. The molecule has 0 bridgehead atoms. The first-order valence-electron chi connectivity index (χ1n) is 10.2. The van der Waals surface area contributed by atoms with E-state index in [1.165, 1.54) is 18.5 Å². The number of nitrogens with one attached hydrogen (secondary N) is 1. The quantitative estimate of drug-likeness (QED) is 0.883. The van der Waals surface area contributed by atoms with Crippen LogP contribution in [0.1, 0.15) is 32.1 Å². The van der Waals surface area contributed by atoms with Crippen LogP contribution in [-0.4, -0.2) is 67.4 Å². The standard InChI is InChI=1S/C21H30N4O2/c1-23-10-12-24(13-11-23)18-8-6-17(7-9-18)22-21(27)16-14-20(26)25(15-16)19-4-2-3-5-19/h6-9,16,19H,2-5,10-15H2,1H3,(H,22,27). The van der Waals surface area contributed by atoms with Crippen LogP contribution < -0.4 is 10.2 Å². The monoisotopic (exact) mass is 370 g/mol. The maximum absolute atomic E-state index is 12.6. The highest BCUT2D eigenvalue weighted by atomic mass is 16.2. The fraction of sp³-hybridized carbons (Fsp3) is 0.619. The normalized spacial score (nSPS) is 24.6. The van der Waals surface area contributed by atoms with E-state index in [0.717, 1.165) is 44.7 Å². The van der Waals surface area contributed by atoms with Crippen molar-refractivity contribution in [3.8, 4) is 0 Å². The maximum atomic E-state index is 12.6. The molecule has 0 radical (unpaired) electrons. The van der Waals surface area contributed by atoms with Crippen LogP contribution in [-0.2, 0) is 9.59 Å². The lowest BCUT2D eigenvalue weighted by atomic mass is 10.1. The number of likely N-dealkylation sites (tertiary alicyclic amines) is 1. The zero-order valence-corrected chi connectivity index (χ0v) is 16.2. The van der Waals surface area contributed by atoms with Crippen molar-refractivity contribution in [1.82, 2.24) is 9.80 Å². The van der Waals surface area contributed by atoms with Crippen LogP contribution in [0.5, 0.6) is 0 Å². The van der Waals surface area contributed by atoms with Gasteiger partial charge in [0.15, 0.2) is 0 Å². The SMILES string of the molecule is CN1CCN(c2ccc(NC(=O)C3CC(=O)N(C4CCCC4)C3)cc2)CC1. The summed E-state index contributed by atoms with van der Waals surface area (Å²) in [6.45, 7) is 4.79. The van der Waals surface area contributed by atoms with E-state index in [1.54, 1.807) is 0 Å². The molecule has 1 atom stereocenters. The second kappa shape index (κ2) is 7.89. The molecule has 3 fully saturated rings. The number of hydrogen-bond acceptors (Lipinski definition) is 4. The lowest BCUT2D eigenvalue weighted by molar-refractivity contribution is -0.129. The van der Waals surface area contributed by atoms with Crippen LogP contribution in [0.4, 0.5) is 11.4 Å². The molecular weight excluding hydrogens is 340 g/mol. The third-order valence-electron chi connectivity index (χ3n) is 6.30. The average molecular weight is 370 g/mol. The van der Waals surface area contributed by atoms with Crippen molar-refractivity contribution < 1.29 is 9.59 Å². The molecule has 1 saturated carbocycles. The third-order valence-corrected chi connectivity index (χ3v) is 6.30. The number of hydrogen-bond donors (Lipinski definition) is 1. The molecule has 1 aliphatic carbocycles. The largest absolute Gasteiger partial charge is 0.369 e. The van der Waals surface area contributed by atoms with E-state index in [1.807, 2.05) is 17.0 Å². The van der Waals surface area contributed by atoms with E-state index in [4.69, 9.17) is 0 Å². The highest BCUT2D eigenvalue weighted by molar-refractivity contribution is 5.97. The second-order valence-electron chi connectivity index (χ2n) is 8.21. The minimum absolute atomic E-state index is 0.0313. The highest BCUT2D eigenvalue weighted by Gasteiger charge is 2.38. The summed E-state index contributed by atoms with van der Waals surface area (Å²) in [4.78, 5) is 31.6. The summed E-state index contributed by atoms with van der Waals surface area (Å²) >= 11 is 0. The fourth-order valence-corrected chi connectivity index (χ4v) is 4.54. The summed E-state index contributed by atoms with van der Waals surface area (Å²) < 4.78 is 0. The van der Waals surface area contributed by atoms with Crippen LogP contribution in [0, 0.1) is 5.92 Å². The topological polar surface area (TPSA) is 55.9 Å². The number of amides is 2. The Kier molecular flexibility index (Phi) is 5.34. The number of piperazine rings is 1. The van der Waals surface area contributed by atoms with Gasteiger partial charge in [-0.3, -0.25) is 9.59 Å². The molecule has 2 aliphatic heterocycles. The van der Waals surface area contributed by atoms with Crippen molar-refractivity contribution in [2.75, 3.05) is 50.0 Å². The van der Waals surface area contributed by atoms with Crippen molar-refractivity contribution in [2.45, 2.75) is 38.1 Å². The lowest BCUT2D eigenvalue weighted by Crippen LogP contribution is -2.44. The molecule has 146 valence electrons. The molecule has 2 heterocycles. The third kappa shape index (κ3) is 4.10. The fourth-order valence-electron chi connectivity index (χ4n) is 4.54. The molecule has 1 N–H and O–H groups in total. The van der Waals surface area contributed by atoms with Gasteiger partial charge in [0.25, 0.3) is 0 Å². The van der Waals surface area contributed by atoms with Crippen LogP contribution in [0.25, 0.3) is 0 Å². The number of nitrogens with zero attached hydrogens (tertiary/aromatic N) is 3. The van der Waals surface area contributed by atoms with Gasteiger partial charge in [0.2, 0.25) is 11.8 Å². The van der Waals surface area contributed by atoms with Crippen molar-refractivity contribution in [2.24, 2.45) is 5.92 Å². The molecule has 6 nitrogen and oxygen atoms in total. The number of benzene rings is 1. The van der Waals surface area contributed by atoms with Crippen LogP contribution in [0.15, 0.2) is 24.3 Å². The van der Waals surface area contributed by atoms with Crippen LogP contribution in [0.3, 0.4) is 0 Å². The first-order valence-corrected chi connectivity index (χ1v) is 10.2. The van der Waals surface area contributed by atoms with Gasteiger partial charge in [-0.1, -0.05) is 12.8 Å². The molecular formula is C21H30N4O2. The smallest absolute Gasteiger partial charge is 0.229 e.